The molecule has 0 aromatic heterocycles. The second-order valence-electron chi connectivity index (χ2n) is 5.78. The molecule has 1 aliphatic rings. The van der Waals surface area contributed by atoms with Crippen molar-refractivity contribution in [1.29, 1.82) is 0 Å². The SMILES string of the molecule is CCCN1CCC(c2ccc(C(N)=O)c(C(F)(F)F)c2)CC1. The van der Waals surface area contributed by atoms with Crippen molar-refractivity contribution < 1.29 is 18.0 Å². The van der Waals surface area contributed by atoms with Crippen molar-refractivity contribution in [2.75, 3.05) is 19.6 Å². The zero-order valence-electron chi connectivity index (χ0n) is 12.6. The molecule has 122 valence electrons. The van der Waals surface area contributed by atoms with Crippen molar-refractivity contribution >= 4 is 5.91 Å². The van der Waals surface area contributed by atoms with E-state index >= 15 is 0 Å². The maximum Gasteiger partial charge on any atom is 0.417 e. The average molecular weight is 314 g/mol. The first-order chi connectivity index (χ1) is 10.3. The van der Waals surface area contributed by atoms with E-state index in [0.29, 0.717) is 5.56 Å². The summed E-state index contributed by atoms with van der Waals surface area (Å²) in [5.41, 5.74) is 4.31. The lowest BCUT2D eigenvalue weighted by atomic mass is 9.87. The molecule has 22 heavy (non-hydrogen) atoms. The summed E-state index contributed by atoms with van der Waals surface area (Å²) in [6.45, 7) is 4.94. The van der Waals surface area contributed by atoms with Crippen LogP contribution >= 0.6 is 0 Å². The van der Waals surface area contributed by atoms with Crippen molar-refractivity contribution in [2.45, 2.75) is 38.3 Å². The Hall–Kier alpha value is -1.56. The van der Waals surface area contributed by atoms with Gasteiger partial charge in [-0.2, -0.15) is 13.2 Å². The molecule has 1 aromatic rings. The Morgan fingerprint density at radius 2 is 1.95 bits per heavy atom. The summed E-state index contributed by atoms with van der Waals surface area (Å²) < 4.78 is 39.3. The van der Waals surface area contributed by atoms with Gasteiger partial charge < -0.3 is 10.6 Å². The van der Waals surface area contributed by atoms with Crippen molar-refractivity contribution in [3.8, 4) is 0 Å². The number of benzene rings is 1. The lowest BCUT2D eigenvalue weighted by Gasteiger charge is -2.32. The van der Waals surface area contributed by atoms with E-state index in [0.717, 1.165) is 45.0 Å². The van der Waals surface area contributed by atoms with E-state index in [1.54, 1.807) is 6.07 Å². The predicted molar refractivity (Wildman–Crippen MR) is 78.7 cm³/mol. The first-order valence-electron chi connectivity index (χ1n) is 7.56. The molecule has 2 rings (SSSR count). The highest BCUT2D eigenvalue weighted by Gasteiger charge is 2.35. The van der Waals surface area contributed by atoms with Gasteiger partial charge >= 0.3 is 6.18 Å². The van der Waals surface area contributed by atoms with Crippen LogP contribution in [0, 0.1) is 0 Å². The number of nitrogens with zero attached hydrogens (tertiary/aromatic N) is 1. The molecule has 6 heteroatoms. The average Bonchev–Trinajstić information content (AvgIpc) is 2.47. The minimum Gasteiger partial charge on any atom is -0.366 e. The standard InChI is InChI=1S/C16H21F3N2O/c1-2-7-21-8-5-11(6-9-21)12-3-4-13(15(20)22)14(10-12)16(17,18)19/h3-4,10-11H,2,5-9H2,1H3,(H2,20,22). The highest BCUT2D eigenvalue weighted by Crippen LogP contribution is 2.36. The van der Waals surface area contributed by atoms with Crippen molar-refractivity contribution in [2.24, 2.45) is 5.73 Å². The van der Waals surface area contributed by atoms with E-state index in [9.17, 15) is 18.0 Å². The Morgan fingerprint density at radius 1 is 1.32 bits per heavy atom. The number of hydrogen-bond donors (Lipinski definition) is 1. The monoisotopic (exact) mass is 314 g/mol. The van der Waals surface area contributed by atoms with Gasteiger partial charge in [-0.25, -0.2) is 0 Å². The summed E-state index contributed by atoms with van der Waals surface area (Å²) in [5, 5.41) is 0. The van der Waals surface area contributed by atoms with Gasteiger partial charge in [-0.3, -0.25) is 4.79 Å². The summed E-state index contributed by atoms with van der Waals surface area (Å²) in [5.74, 6) is -0.937. The van der Waals surface area contributed by atoms with Gasteiger partial charge in [0.15, 0.2) is 0 Å². The number of halogens is 3. The number of carbonyl (C=O) groups excluding carboxylic acids is 1. The molecule has 1 saturated heterocycles. The maximum absolute atomic E-state index is 13.1. The second-order valence-corrected chi connectivity index (χ2v) is 5.78. The molecular formula is C16H21F3N2O. The highest BCUT2D eigenvalue weighted by atomic mass is 19.4. The fourth-order valence-electron chi connectivity index (χ4n) is 3.07. The molecule has 0 spiro atoms. The number of alkyl halides is 3. The lowest BCUT2D eigenvalue weighted by molar-refractivity contribution is -0.138. The van der Waals surface area contributed by atoms with Gasteiger partial charge in [0, 0.05) is 0 Å². The third kappa shape index (κ3) is 3.80. The van der Waals surface area contributed by atoms with E-state index in [4.69, 9.17) is 5.73 Å². The second kappa shape index (κ2) is 6.69. The molecule has 1 fully saturated rings. The smallest absolute Gasteiger partial charge is 0.366 e. The number of nitrogens with two attached hydrogens (primary N) is 1. The molecular weight excluding hydrogens is 293 g/mol. The minimum atomic E-state index is -4.57. The van der Waals surface area contributed by atoms with E-state index in [2.05, 4.69) is 11.8 Å². The summed E-state index contributed by atoms with van der Waals surface area (Å²) in [7, 11) is 0. The van der Waals surface area contributed by atoms with Crippen LogP contribution in [-0.2, 0) is 6.18 Å². The number of hydrogen-bond acceptors (Lipinski definition) is 2. The molecule has 2 N–H and O–H groups in total. The van der Waals surface area contributed by atoms with E-state index in [-0.39, 0.29) is 5.92 Å². The van der Waals surface area contributed by atoms with Crippen LogP contribution < -0.4 is 5.73 Å². The van der Waals surface area contributed by atoms with Crippen LogP contribution in [0.4, 0.5) is 13.2 Å². The number of piperidine rings is 1. The Kier molecular flexibility index (Phi) is 5.11. The van der Waals surface area contributed by atoms with Gasteiger partial charge in [0.25, 0.3) is 0 Å². The molecule has 1 aliphatic heterocycles. The fourth-order valence-corrected chi connectivity index (χ4v) is 3.07. The van der Waals surface area contributed by atoms with Crippen LogP contribution in [0.3, 0.4) is 0 Å². The third-order valence-corrected chi connectivity index (χ3v) is 4.21. The Morgan fingerprint density at radius 3 is 2.45 bits per heavy atom. The summed E-state index contributed by atoms with van der Waals surface area (Å²) in [6, 6.07) is 3.91. The van der Waals surface area contributed by atoms with Gasteiger partial charge in [0.05, 0.1) is 11.1 Å². The molecule has 1 heterocycles. The van der Waals surface area contributed by atoms with Crippen LogP contribution in [-0.4, -0.2) is 30.4 Å². The molecule has 0 atom stereocenters. The molecule has 1 aromatic carbocycles. The van der Waals surface area contributed by atoms with Crippen LogP contribution in [0.25, 0.3) is 0 Å². The van der Waals surface area contributed by atoms with Crippen LogP contribution in [0.5, 0.6) is 0 Å². The normalized spacial score (nSPS) is 17.6. The van der Waals surface area contributed by atoms with E-state index in [1.807, 2.05) is 0 Å². The number of carbonyl (C=O) groups is 1. The van der Waals surface area contributed by atoms with Crippen LogP contribution in [0.1, 0.15) is 53.6 Å². The molecule has 0 aliphatic carbocycles. The molecule has 0 saturated carbocycles. The summed E-state index contributed by atoms with van der Waals surface area (Å²) in [4.78, 5) is 13.5. The highest BCUT2D eigenvalue weighted by molar-refractivity contribution is 5.94. The van der Waals surface area contributed by atoms with Gasteiger partial charge in [-0.1, -0.05) is 13.0 Å². The largest absolute Gasteiger partial charge is 0.417 e. The Labute approximate surface area is 128 Å². The van der Waals surface area contributed by atoms with Gasteiger partial charge in [0.1, 0.15) is 0 Å². The zero-order chi connectivity index (χ0) is 16.3. The predicted octanol–water partition coefficient (Wildman–Crippen LogP) is 3.39. The molecule has 1 amide bonds. The summed E-state index contributed by atoms with van der Waals surface area (Å²) in [6.07, 6.45) is -1.81. The molecule has 3 nitrogen and oxygen atoms in total. The minimum absolute atomic E-state index is 0.108. The molecule has 0 bridgehead atoms. The van der Waals surface area contributed by atoms with E-state index < -0.39 is 23.2 Å². The first-order valence-corrected chi connectivity index (χ1v) is 7.56. The number of rotatable bonds is 4. The number of primary amides is 1. The van der Waals surface area contributed by atoms with E-state index in [1.165, 1.54) is 6.07 Å². The van der Waals surface area contributed by atoms with Gasteiger partial charge in [-0.05, 0) is 62.5 Å². The summed E-state index contributed by atoms with van der Waals surface area (Å²) >= 11 is 0. The van der Waals surface area contributed by atoms with Crippen molar-refractivity contribution in [3.05, 3.63) is 34.9 Å². The van der Waals surface area contributed by atoms with Crippen LogP contribution in [0.2, 0.25) is 0 Å². The lowest BCUT2D eigenvalue weighted by Crippen LogP contribution is -2.33. The zero-order valence-corrected chi connectivity index (χ0v) is 12.6. The molecule has 0 unspecified atom stereocenters. The number of likely N-dealkylation sites (tertiary alicyclic amines) is 1. The van der Waals surface area contributed by atoms with Crippen molar-refractivity contribution in [3.63, 3.8) is 0 Å². The van der Waals surface area contributed by atoms with Crippen molar-refractivity contribution in [1.82, 2.24) is 4.90 Å². The Bertz CT molecular complexity index is 535. The first kappa shape index (κ1) is 16.8. The van der Waals surface area contributed by atoms with Gasteiger partial charge in [-0.15, -0.1) is 0 Å². The van der Waals surface area contributed by atoms with Gasteiger partial charge in [0.2, 0.25) is 5.91 Å². The Balaban J connectivity index is 2.21. The fraction of sp³-hybridized carbons (Fsp3) is 0.562. The quantitative estimate of drug-likeness (QED) is 0.926. The number of amides is 1. The molecule has 0 radical (unpaired) electrons. The maximum atomic E-state index is 13.1. The topological polar surface area (TPSA) is 46.3 Å². The van der Waals surface area contributed by atoms with Crippen LogP contribution in [0.15, 0.2) is 18.2 Å². The third-order valence-electron chi connectivity index (χ3n) is 4.21.